The van der Waals surface area contributed by atoms with Crippen molar-refractivity contribution in [2.24, 2.45) is 7.05 Å². The molecule has 2 N–H and O–H groups in total. The standard InChI is InChI=1S/C17H22N6O2S/c1-17(2,3)22-26(24,25)14-8-6-5-7-12(14)9-18-15-13-10-21-23(4)16(13)20-11-19-15/h5-8,10-11,22H,9H2,1-4H3,(H,18,19,20). The Kier molecular flexibility index (Phi) is 4.68. The number of sulfonamides is 1. The second-order valence-corrected chi connectivity index (χ2v) is 8.70. The number of aromatic nitrogens is 4. The zero-order valence-electron chi connectivity index (χ0n) is 15.2. The van der Waals surface area contributed by atoms with E-state index in [0.29, 0.717) is 23.6 Å². The van der Waals surface area contributed by atoms with Crippen molar-refractivity contribution in [1.29, 1.82) is 0 Å². The number of nitrogens with zero attached hydrogens (tertiary/aromatic N) is 4. The van der Waals surface area contributed by atoms with Crippen LogP contribution in [0.15, 0.2) is 41.7 Å². The molecule has 0 fully saturated rings. The van der Waals surface area contributed by atoms with Gasteiger partial charge in [0.25, 0.3) is 0 Å². The predicted molar refractivity (Wildman–Crippen MR) is 100 cm³/mol. The van der Waals surface area contributed by atoms with Crippen LogP contribution in [0.25, 0.3) is 11.0 Å². The van der Waals surface area contributed by atoms with Gasteiger partial charge in [0.15, 0.2) is 5.65 Å². The molecule has 0 saturated carbocycles. The number of aryl methyl sites for hydroxylation is 1. The van der Waals surface area contributed by atoms with Gasteiger partial charge in [0.05, 0.1) is 16.5 Å². The van der Waals surface area contributed by atoms with Crippen LogP contribution in [0.4, 0.5) is 5.82 Å². The number of anilines is 1. The summed E-state index contributed by atoms with van der Waals surface area (Å²) in [4.78, 5) is 8.69. The van der Waals surface area contributed by atoms with Crippen LogP contribution >= 0.6 is 0 Å². The van der Waals surface area contributed by atoms with Crippen molar-refractivity contribution in [1.82, 2.24) is 24.5 Å². The molecule has 0 spiro atoms. The van der Waals surface area contributed by atoms with Gasteiger partial charge in [0, 0.05) is 19.1 Å². The molecule has 0 aliphatic rings. The summed E-state index contributed by atoms with van der Waals surface area (Å²) in [5.41, 5.74) is 0.797. The largest absolute Gasteiger partial charge is 0.365 e. The molecule has 2 aromatic heterocycles. The van der Waals surface area contributed by atoms with Gasteiger partial charge in [-0.1, -0.05) is 18.2 Å². The Morgan fingerprint density at radius 1 is 1.15 bits per heavy atom. The van der Waals surface area contributed by atoms with Gasteiger partial charge in [-0.15, -0.1) is 0 Å². The van der Waals surface area contributed by atoms with E-state index in [1.807, 2.05) is 26.8 Å². The Balaban J connectivity index is 1.89. The van der Waals surface area contributed by atoms with Gasteiger partial charge in [0.1, 0.15) is 12.1 Å². The summed E-state index contributed by atoms with van der Waals surface area (Å²) in [6.45, 7) is 5.74. The third kappa shape index (κ3) is 3.83. The van der Waals surface area contributed by atoms with Gasteiger partial charge in [-0.3, -0.25) is 4.68 Å². The first-order chi connectivity index (χ1) is 12.2. The van der Waals surface area contributed by atoms with Crippen LogP contribution in [-0.4, -0.2) is 33.7 Å². The Morgan fingerprint density at radius 2 is 1.88 bits per heavy atom. The minimum Gasteiger partial charge on any atom is -0.365 e. The van der Waals surface area contributed by atoms with E-state index in [1.54, 1.807) is 36.1 Å². The summed E-state index contributed by atoms with van der Waals surface area (Å²) in [5.74, 6) is 0.610. The van der Waals surface area contributed by atoms with Crippen LogP contribution < -0.4 is 10.0 Å². The van der Waals surface area contributed by atoms with Gasteiger partial charge < -0.3 is 5.32 Å². The van der Waals surface area contributed by atoms with E-state index in [-0.39, 0.29) is 4.90 Å². The fourth-order valence-electron chi connectivity index (χ4n) is 2.65. The minimum absolute atomic E-state index is 0.249. The molecule has 9 heteroatoms. The minimum atomic E-state index is -3.63. The topological polar surface area (TPSA) is 102 Å². The highest BCUT2D eigenvalue weighted by atomic mass is 32.2. The Labute approximate surface area is 152 Å². The Morgan fingerprint density at radius 3 is 2.62 bits per heavy atom. The zero-order chi connectivity index (χ0) is 18.9. The molecule has 0 amide bonds. The molecule has 3 rings (SSSR count). The summed E-state index contributed by atoms with van der Waals surface area (Å²) in [7, 11) is -1.83. The highest BCUT2D eigenvalue weighted by Gasteiger charge is 2.24. The van der Waals surface area contributed by atoms with Crippen molar-refractivity contribution >= 4 is 26.9 Å². The lowest BCUT2D eigenvalue weighted by atomic mass is 10.1. The normalized spacial score (nSPS) is 12.5. The first-order valence-corrected chi connectivity index (χ1v) is 9.64. The monoisotopic (exact) mass is 374 g/mol. The van der Waals surface area contributed by atoms with Crippen molar-refractivity contribution < 1.29 is 8.42 Å². The van der Waals surface area contributed by atoms with Gasteiger partial charge in [-0.2, -0.15) is 5.10 Å². The summed E-state index contributed by atoms with van der Waals surface area (Å²) in [6.07, 6.45) is 3.14. The van der Waals surface area contributed by atoms with Gasteiger partial charge in [-0.25, -0.2) is 23.1 Å². The smallest absolute Gasteiger partial charge is 0.241 e. The van der Waals surface area contributed by atoms with E-state index in [2.05, 4.69) is 25.1 Å². The number of hydrogen-bond donors (Lipinski definition) is 2. The third-order valence-corrected chi connectivity index (χ3v) is 5.54. The summed E-state index contributed by atoms with van der Waals surface area (Å²) in [6, 6.07) is 6.91. The first-order valence-electron chi connectivity index (χ1n) is 8.16. The number of rotatable bonds is 5. The maximum atomic E-state index is 12.7. The van der Waals surface area contributed by atoms with Crippen molar-refractivity contribution in [2.75, 3.05) is 5.32 Å². The van der Waals surface area contributed by atoms with Crippen LogP contribution in [0.5, 0.6) is 0 Å². The quantitative estimate of drug-likeness (QED) is 0.709. The van der Waals surface area contributed by atoms with Gasteiger partial charge >= 0.3 is 0 Å². The van der Waals surface area contributed by atoms with Gasteiger partial charge in [0.2, 0.25) is 10.0 Å². The highest BCUT2D eigenvalue weighted by Crippen LogP contribution is 2.21. The molecular formula is C17H22N6O2S. The van der Waals surface area contributed by atoms with Crippen LogP contribution in [0.1, 0.15) is 26.3 Å². The fourth-order valence-corrected chi connectivity index (χ4v) is 4.31. The molecule has 138 valence electrons. The molecule has 2 heterocycles. The maximum absolute atomic E-state index is 12.7. The molecule has 0 saturated heterocycles. The lowest BCUT2D eigenvalue weighted by Gasteiger charge is -2.21. The van der Waals surface area contributed by atoms with Crippen molar-refractivity contribution in [3.8, 4) is 0 Å². The summed E-state index contributed by atoms with van der Waals surface area (Å²) >= 11 is 0. The predicted octanol–water partition coefficient (Wildman–Crippen LogP) is 2.05. The van der Waals surface area contributed by atoms with Gasteiger partial charge in [-0.05, 0) is 32.4 Å². The van der Waals surface area contributed by atoms with Crippen LogP contribution in [0.3, 0.4) is 0 Å². The van der Waals surface area contributed by atoms with Crippen LogP contribution in [0, 0.1) is 0 Å². The Bertz CT molecular complexity index is 1040. The maximum Gasteiger partial charge on any atom is 0.241 e. The van der Waals surface area contributed by atoms with E-state index >= 15 is 0 Å². The van der Waals surface area contributed by atoms with Crippen molar-refractivity contribution in [3.05, 3.63) is 42.4 Å². The van der Waals surface area contributed by atoms with Crippen LogP contribution in [-0.2, 0) is 23.6 Å². The number of fused-ring (bicyclic) bond motifs is 1. The summed E-state index contributed by atoms with van der Waals surface area (Å²) in [5, 5.41) is 8.15. The molecule has 3 aromatic rings. The second kappa shape index (κ2) is 6.65. The SMILES string of the molecule is Cn1ncc2c(NCc3ccccc3S(=O)(=O)NC(C)(C)C)ncnc21. The Hall–Kier alpha value is -2.52. The lowest BCUT2D eigenvalue weighted by molar-refractivity contribution is 0.491. The number of hydrogen-bond acceptors (Lipinski definition) is 6. The molecule has 8 nitrogen and oxygen atoms in total. The number of benzene rings is 1. The number of nitrogens with one attached hydrogen (secondary N) is 2. The van der Waals surface area contributed by atoms with E-state index in [0.717, 1.165) is 5.39 Å². The summed E-state index contributed by atoms with van der Waals surface area (Å²) < 4.78 is 29.8. The van der Waals surface area contributed by atoms with E-state index in [4.69, 9.17) is 0 Å². The first kappa shape index (κ1) is 18.3. The molecule has 0 bridgehead atoms. The van der Waals surface area contributed by atoms with E-state index in [9.17, 15) is 8.42 Å². The molecule has 26 heavy (non-hydrogen) atoms. The molecule has 0 aliphatic carbocycles. The fraction of sp³-hybridized carbons (Fsp3) is 0.353. The van der Waals surface area contributed by atoms with Crippen molar-refractivity contribution in [3.63, 3.8) is 0 Å². The molecule has 0 unspecified atom stereocenters. The van der Waals surface area contributed by atoms with E-state index in [1.165, 1.54) is 6.33 Å². The van der Waals surface area contributed by atoms with Crippen molar-refractivity contribution in [2.45, 2.75) is 37.8 Å². The molecule has 1 aromatic carbocycles. The molecule has 0 atom stereocenters. The molecule has 0 aliphatic heterocycles. The zero-order valence-corrected chi connectivity index (χ0v) is 16.0. The highest BCUT2D eigenvalue weighted by molar-refractivity contribution is 7.89. The lowest BCUT2D eigenvalue weighted by Crippen LogP contribution is -2.40. The van der Waals surface area contributed by atoms with Crippen LogP contribution in [0.2, 0.25) is 0 Å². The molecule has 0 radical (unpaired) electrons. The third-order valence-electron chi connectivity index (χ3n) is 3.68. The molecular weight excluding hydrogens is 352 g/mol. The average Bonchev–Trinajstić information content (AvgIpc) is 2.93. The van der Waals surface area contributed by atoms with E-state index < -0.39 is 15.6 Å². The second-order valence-electron chi connectivity index (χ2n) is 7.04. The average molecular weight is 374 g/mol.